The van der Waals surface area contributed by atoms with Crippen LogP contribution in [0.15, 0.2) is 60.0 Å². The van der Waals surface area contributed by atoms with Crippen molar-refractivity contribution in [1.29, 1.82) is 0 Å². The van der Waals surface area contributed by atoms with Gasteiger partial charge in [-0.15, -0.1) is 11.3 Å². The first kappa shape index (κ1) is 31.4. The molecule has 0 saturated carbocycles. The van der Waals surface area contributed by atoms with E-state index in [1.165, 1.54) is 0 Å². The molecule has 0 bridgehead atoms. The molecule has 0 aliphatic carbocycles. The molecule has 1 N–H and O–H groups in total. The summed E-state index contributed by atoms with van der Waals surface area (Å²) in [5.74, 6) is 1.26. The zero-order valence-electron chi connectivity index (χ0n) is 26.1. The largest absolute Gasteiger partial charge is 0.490 e. The van der Waals surface area contributed by atoms with E-state index in [2.05, 4.69) is 5.32 Å². The van der Waals surface area contributed by atoms with Crippen molar-refractivity contribution in [2.45, 2.75) is 65.0 Å². The molecule has 5 rings (SSSR count). The number of benzene rings is 2. The van der Waals surface area contributed by atoms with Crippen molar-refractivity contribution in [3.63, 3.8) is 0 Å². The predicted octanol–water partition coefficient (Wildman–Crippen LogP) is 7.39. The molecule has 9 nitrogen and oxygen atoms in total. The lowest BCUT2D eigenvalue weighted by atomic mass is 10.1. The first-order valence-corrected chi connectivity index (χ1v) is 15.8. The Labute approximate surface area is 262 Å². The second-order valence-corrected chi connectivity index (χ2v) is 12.9. The number of methoxy groups -OCH3 is 1. The Bertz CT molecular complexity index is 1590. The van der Waals surface area contributed by atoms with E-state index < -0.39 is 5.60 Å². The number of hydrogen-bond acceptors (Lipinski definition) is 7. The second-order valence-electron chi connectivity index (χ2n) is 12.0. The van der Waals surface area contributed by atoms with Crippen molar-refractivity contribution < 1.29 is 28.5 Å². The summed E-state index contributed by atoms with van der Waals surface area (Å²) in [4.78, 5) is 27.5. The van der Waals surface area contributed by atoms with Crippen LogP contribution in [0.2, 0.25) is 0 Å². The number of carbonyl (C=O) groups is 2. The van der Waals surface area contributed by atoms with Gasteiger partial charge in [0.1, 0.15) is 35.5 Å². The van der Waals surface area contributed by atoms with Crippen LogP contribution in [-0.2, 0) is 29.7 Å². The van der Waals surface area contributed by atoms with Gasteiger partial charge in [0, 0.05) is 44.9 Å². The van der Waals surface area contributed by atoms with Crippen molar-refractivity contribution >= 4 is 39.2 Å². The van der Waals surface area contributed by atoms with Crippen molar-refractivity contribution in [2.75, 3.05) is 25.5 Å². The molecule has 2 amide bonds. The average Bonchev–Trinajstić information content (AvgIpc) is 3.48. The van der Waals surface area contributed by atoms with E-state index in [-0.39, 0.29) is 24.7 Å². The zero-order valence-corrected chi connectivity index (χ0v) is 26.9. The molecule has 1 unspecified atom stereocenters. The number of carbonyl (C=O) groups excluding carboxylic acids is 2. The minimum absolute atomic E-state index is 0.0151. The van der Waals surface area contributed by atoms with E-state index in [9.17, 15) is 9.59 Å². The summed E-state index contributed by atoms with van der Waals surface area (Å²) < 4.78 is 26.4. The fourth-order valence-electron chi connectivity index (χ4n) is 5.32. The van der Waals surface area contributed by atoms with Gasteiger partial charge in [-0.05, 0) is 87.0 Å². The summed E-state index contributed by atoms with van der Waals surface area (Å²) in [5, 5.41) is 5.11. The smallest absolute Gasteiger partial charge is 0.410 e. The third kappa shape index (κ3) is 7.73. The summed E-state index contributed by atoms with van der Waals surface area (Å²) >= 11 is 1.61. The molecule has 1 aliphatic rings. The Morgan fingerprint density at radius 2 is 1.77 bits per heavy atom. The molecule has 1 aliphatic heterocycles. The third-order valence-electron chi connectivity index (χ3n) is 7.55. The molecular weight excluding hydrogens is 578 g/mol. The Hall–Kier alpha value is -4.02. The number of ether oxygens (including phenoxy) is 4. The summed E-state index contributed by atoms with van der Waals surface area (Å²) in [7, 11) is 3.55. The van der Waals surface area contributed by atoms with Crippen molar-refractivity contribution in [1.82, 2.24) is 9.47 Å². The van der Waals surface area contributed by atoms with Gasteiger partial charge in [-0.2, -0.15) is 0 Å². The number of aromatic nitrogens is 1. The van der Waals surface area contributed by atoms with Crippen molar-refractivity contribution in [3.8, 4) is 11.5 Å². The van der Waals surface area contributed by atoms with E-state index >= 15 is 0 Å². The number of likely N-dealkylation sites (tertiary alicyclic amines) is 1. The number of anilines is 1. The Morgan fingerprint density at radius 1 is 1.00 bits per heavy atom. The summed E-state index contributed by atoms with van der Waals surface area (Å²) in [6.45, 7) is 7.55. The van der Waals surface area contributed by atoms with Gasteiger partial charge in [0.05, 0.1) is 16.8 Å². The van der Waals surface area contributed by atoms with Gasteiger partial charge in [-0.25, -0.2) is 4.79 Å². The number of fused-ring (bicyclic) bond motifs is 1. The molecule has 1 atom stereocenters. The standard InChI is InChI=1S/C34H41N3O6S/c1-34(2,3)43-33(39)37-17-7-9-25(15-18-37)42-26-13-11-24(12-14-26)41-22-27-23(21-40-5)8-6-10-28(27)35-32(38)30-20-31-29(36(30)4)16-19-44-31/h6,8,10-14,16,19-20,25H,7,9,15,17-18,21-22H2,1-5H3,(H,35,38). The molecule has 44 heavy (non-hydrogen) atoms. The molecule has 234 valence electrons. The summed E-state index contributed by atoms with van der Waals surface area (Å²) in [6, 6.07) is 17.3. The van der Waals surface area contributed by atoms with Gasteiger partial charge in [-0.3, -0.25) is 4.79 Å². The average molecular weight is 620 g/mol. The van der Waals surface area contributed by atoms with Gasteiger partial charge in [0.2, 0.25) is 0 Å². The maximum atomic E-state index is 13.3. The molecule has 2 aromatic heterocycles. The van der Waals surface area contributed by atoms with Crippen LogP contribution in [0.3, 0.4) is 0 Å². The van der Waals surface area contributed by atoms with Crippen LogP contribution >= 0.6 is 11.3 Å². The minimum atomic E-state index is -0.510. The molecule has 4 aromatic rings. The fraction of sp³-hybridized carbons (Fsp3) is 0.412. The van der Waals surface area contributed by atoms with Crippen molar-refractivity contribution in [2.24, 2.45) is 7.05 Å². The third-order valence-corrected chi connectivity index (χ3v) is 8.41. The van der Waals surface area contributed by atoms with Crippen molar-refractivity contribution in [3.05, 3.63) is 76.8 Å². The Kier molecular flexibility index (Phi) is 9.80. The topological polar surface area (TPSA) is 91.3 Å². The highest BCUT2D eigenvalue weighted by atomic mass is 32.1. The monoisotopic (exact) mass is 619 g/mol. The van der Waals surface area contributed by atoms with Crippen LogP contribution in [0.5, 0.6) is 11.5 Å². The van der Waals surface area contributed by atoms with Crippen LogP contribution in [-0.4, -0.2) is 53.4 Å². The second kappa shape index (κ2) is 13.7. The quantitative estimate of drug-likeness (QED) is 0.210. The van der Waals surface area contributed by atoms with Gasteiger partial charge in [0.15, 0.2) is 0 Å². The molecular formula is C34H41N3O6S. The van der Waals surface area contributed by atoms with Crippen LogP contribution in [0.4, 0.5) is 10.5 Å². The number of hydrogen-bond donors (Lipinski definition) is 1. The molecule has 3 heterocycles. The number of rotatable bonds is 9. The molecule has 0 radical (unpaired) electrons. The highest BCUT2D eigenvalue weighted by molar-refractivity contribution is 7.17. The van der Waals surface area contributed by atoms with Gasteiger partial charge < -0.3 is 33.7 Å². The van der Waals surface area contributed by atoms with Crippen LogP contribution in [0.1, 0.15) is 61.6 Å². The fourth-order valence-corrected chi connectivity index (χ4v) is 6.17. The SMILES string of the molecule is COCc1cccc(NC(=O)c2cc3sccc3n2C)c1COc1ccc(OC2CCCN(C(=O)OC(C)(C)C)CC2)cc1. The van der Waals surface area contributed by atoms with Gasteiger partial charge in [0.25, 0.3) is 5.91 Å². The van der Waals surface area contributed by atoms with Gasteiger partial charge in [-0.1, -0.05) is 12.1 Å². The first-order valence-electron chi connectivity index (χ1n) is 14.9. The lowest BCUT2D eigenvalue weighted by Gasteiger charge is -2.26. The van der Waals surface area contributed by atoms with E-state index in [1.807, 2.05) is 92.4 Å². The maximum absolute atomic E-state index is 13.3. The minimum Gasteiger partial charge on any atom is -0.490 e. The molecule has 2 aromatic carbocycles. The summed E-state index contributed by atoms with van der Waals surface area (Å²) in [5.41, 5.74) is 3.59. The van der Waals surface area contributed by atoms with E-state index in [0.29, 0.717) is 36.8 Å². The summed E-state index contributed by atoms with van der Waals surface area (Å²) in [6.07, 6.45) is 2.20. The van der Waals surface area contributed by atoms with Gasteiger partial charge >= 0.3 is 6.09 Å². The van der Waals surface area contributed by atoms with Crippen LogP contribution in [0.25, 0.3) is 10.2 Å². The molecule has 1 fully saturated rings. The number of amides is 2. The maximum Gasteiger partial charge on any atom is 0.410 e. The highest BCUT2D eigenvalue weighted by Crippen LogP contribution is 2.28. The lowest BCUT2D eigenvalue weighted by molar-refractivity contribution is 0.0252. The molecule has 0 spiro atoms. The normalized spacial score (nSPS) is 15.6. The van der Waals surface area contributed by atoms with E-state index in [1.54, 1.807) is 23.3 Å². The van der Waals surface area contributed by atoms with E-state index in [4.69, 9.17) is 18.9 Å². The van der Waals surface area contributed by atoms with Crippen LogP contribution in [0, 0.1) is 0 Å². The van der Waals surface area contributed by atoms with E-state index in [0.717, 1.165) is 46.4 Å². The number of thiophene rings is 1. The number of nitrogens with one attached hydrogen (secondary N) is 1. The Balaban J connectivity index is 1.20. The lowest BCUT2D eigenvalue weighted by Crippen LogP contribution is -2.37. The molecule has 1 saturated heterocycles. The number of aryl methyl sites for hydroxylation is 1. The number of nitrogens with zero attached hydrogens (tertiary/aromatic N) is 2. The van der Waals surface area contributed by atoms with Crippen LogP contribution < -0.4 is 14.8 Å². The zero-order chi connectivity index (χ0) is 31.3. The highest BCUT2D eigenvalue weighted by Gasteiger charge is 2.26. The predicted molar refractivity (Wildman–Crippen MR) is 173 cm³/mol. The molecule has 10 heteroatoms. The first-order chi connectivity index (χ1) is 21.1. The Morgan fingerprint density at radius 3 is 2.50 bits per heavy atom.